The predicted molar refractivity (Wildman–Crippen MR) is 63.2 cm³/mol. The predicted octanol–water partition coefficient (Wildman–Crippen LogP) is 3.40. The Labute approximate surface area is 98.7 Å². The van der Waals surface area contributed by atoms with Crippen LogP contribution in [0.5, 0.6) is 5.75 Å². The molecule has 0 aliphatic carbocycles. The minimum atomic E-state index is 0.269. The molecule has 0 saturated carbocycles. The standard InChI is InChI=1S/C12H15BrO2/c13-11-6-1-2-7-12(11)15-9-10-5-3-4-8-14-10/h1-2,6-7,10H,3-5,8-9H2/t10-/m0/s1. The molecule has 0 N–H and O–H groups in total. The summed E-state index contributed by atoms with van der Waals surface area (Å²) in [4.78, 5) is 0. The van der Waals surface area contributed by atoms with Crippen LogP contribution in [0.2, 0.25) is 0 Å². The van der Waals surface area contributed by atoms with E-state index in [0.717, 1.165) is 23.2 Å². The fourth-order valence-electron chi connectivity index (χ4n) is 1.68. The zero-order chi connectivity index (χ0) is 10.5. The van der Waals surface area contributed by atoms with Gasteiger partial charge in [-0.05, 0) is 47.3 Å². The largest absolute Gasteiger partial charge is 0.490 e. The van der Waals surface area contributed by atoms with Crippen molar-refractivity contribution in [3.05, 3.63) is 28.7 Å². The van der Waals surface area contributed by atoms with E-state index in [1.807, 2.05) is 24.3 Å². The highest BCUT2D eigenvalue weighted by atomic mass is 79.9. The molecular weight excluding hydrogens is 256 g/mol. The summed E-state index contributed by atoms with van der Waals surface area (Å²) in [5.74, 6) is 0.895. The Morgan fingerprint density at radius 1 is 1.33 bits per heavy atom. The van der Waals surface area contributed by atoms with Gasteiger partial charge < -0.3 is 9.47 Å². The van der Waals surface area contributed by atoms with Crippen LogP contribution in [0.25, 0.3) is 0 Å². The topological polar surface area (TPSA) is 18.5 Å². The molecule has 2 nitrogen and oxygen atoms in total. The second-order valence-electron chi connectivity index (χ2n) is 3.73. The maximum atomic E-state index is 5.70. The van der Waals surface area contributed by atoms with Gasteiger partial charge in [-0.3, -0.25) is 0 Å². The monoisotopic (exact) mass is 270 g/mol. The normalized spacial score (nSPS) is 21.3. The Hall–Kier alpha value is -0.540. The van der Waals surface area contributed by atoms with Gasteiger partial charge in [-0.25, -0.2) is 0 Å². The van der Waals surface area contributed by atoms with Crippen LogP contribution in [0.1, 0.15) is 19.3 Å². The van der Waals surface area contributed by atoms with Crippen LogP contribution in [0.3, 0.4) is 0 Å². The first kappa shape index (κ1) is 11.0. The van der Waals surface area contributed by atoms with E-state index in [1.165, 1.54) is 12.8 Å². The van der Waals surface area contributed by atoms with E-state index in [-0.39, 0.29) is 6.10 Å². The summed E-state index contributed by atoms with van der Waals surface area (Å²) in [5.41, 5.74) is 0. The maximum Gasteiger partial charge on any atom is 0.133 e. The second kappa shape index (κ2) is 5.52. The summed E-state index contributed by atoms with van der Waals surface area (Å²) in [6, 6.07) is 7.90. The van der Waals surface area contributed by atoms with Crippen LogP contribution in [-0.2, 0) is 4.74 Å². The Kier molecular flexibility index (Phi) is 4.03. The molecule has 1 heterocycles. The van der Waals surface area contributed by atoms with E-state index < -0.39 is 0 Å². The van der Waals surface area contributed by atoms with Gasteiger partial charge in [-0.1, -0.05) is 12.1 Å². The number of ether oxygens (including phenoxy) is 2. The molecular formula is C12H15BrO2. The third-order valence-corrected chi connectivity index (χ3v) is 3.19. The number of hydrogen-bond donors (Lipinski definition) is 0. The van der Waals surface area contributed by atoms with E-state index in [4.69, 9.17) is 9.47 Å². The molecule has 1 atom stereocenters. The zero-order valence-corrected chi connectivity index (χ0v) is 10.2. The molecule has 0 aromatic heterocycles. The first-order valence-electron chi connectivity index (χ1n) is 5.35. The van der Waals surface area contributed by atoms with E-state index in [9.17, 15) is 0 Å². The van der Waals surface area contributed by atoms with Crippen LogP contribution >= 0.6 is 15.9 Å². The first-order valence-corrected chi connectivity index (χ1v) is 6.14. The molecule has 1 aliphatic rings. The molecule has 1 aromatic carbocycles. The van der Waals surface area contributed by atoms with Gasteiger partial charge in [-0.2, -0.15) is 0 Å². The van der Waals surface area contributed by atoms with Crippen molar-refractivity contribution in [2.75, 3.05) is 13.2 Å². The highest BCUT2D eigenvalue weighted by Gasteiger charge is 2.14. The molecule has 1 aromatic rings. The van der Waals surface area contributed by atoms with Gasteiger partial charge in [-0.15, -0.1) is 0 Å². The number of rotatable bonds is 3. The lowest BCUT2D eigenvalue weighted by Gasteiger charge is -2.22. The van der Waals surface area contributed by atoms with Crippen LogP contribution < -0.4 is 4.74 Å². The lowest BCUT2D eigenvalue weighted by atomic mass is 10.1. The van der Waals surface area contributed by atoms with Crippen molar-refractivity contribution in [1.29, 1.82) is 0 Å². The Bertz CT molecular complexity index is 308. The van der Waals surface area contributed by atoms with E-state index in [2.05, 4.69) is 15.9 Å². The van der Waals surface area contributed by atoms with Crippen molar-refractivity contribution in [3.8, 4) is 5.75 Å². The molecule has 1 saturated heterocycles. The second-order valence-corrected chi connectivity index (χ2v) is 4.58. The number of benzene rings is 1. The zero-order valence-electron chi connectivity index (χ0n) is 8.62. The first-order chi connectivity index (χ1) is 7.36. The Balaban J connectivity index is 1.84. The summed E-state index contributed by atoms with van der Waals surface area (Å²) in [6.45, 7) is 1.53. The molecule has 2 rings (SSSR count). The van der Waals surface area contributed by atoms with Gasteiger partial charge >= 0.3 is 0 Å². The SMILES string of the molecule is Brc1ccccc1OC[C@@H]1CCCCO1. The smallest absolute Gasteiger partial charge is 0.133 e. The molecule has 3 heteroatoms. The number of para-hydroxylation sites is 1. The molecule has 0 spiro atoms. The van der Waals surface area contributed by atoms with Gasteiger partial charge in [0, 0.05) is 6.61 Å². The van der Waals surface area contributed by atoms with Crippen molar-refractivity contribution < 1.29 is 9.47 Å². The van der Waals surface area contributed by atoms with Crippen molar-refractivity contribution in [1.82, 2.24) is 0 Å². The number of halogens is 1. The van der Waals surface area contributed by atoms with Crippen molar-refractivity contribution in [2.45, 2.75) is 25.4 Å². The number of hydrogen-bond acceptors (Lipinski definition) is 2. The summed E-state index contributed by atoms with van der Waals surface area (Å²) < 4.78 is 12.3. The molecule has 15 heavy (non-hydrogen) atoms. The average Bonchev–Trinajstić information content (AvgIpc) is 2.29. The van der Waals surface area contributed by atoms with Crippen molar-refractivity contribution in [3.63, 3.8) is 0 Å². The van der Waals surface area contributed by atoms with Crippen LogP contribution in [-0.4, -0.2) is 19.3 Å². The minimum absolute atomic E-state index is 0.269. The van der Waals surface area contributed by atoms with Gasteiger partial charge in [0.05, 0.1) is 10.6 Å². The fraction of sp³-hybridized carbons (Fsp3) is 0.500. The van der Waals surface area contributed by atoms with Crippen LogP contribution in [0.15, 0.2) is 28.7 Å². The van der Waals surface area contributed by atoms with Gasteiger partial charge in [0.25, 0.3) is 0 Å². The molecule has 0 radical (unpaired) electrons. The quantitative estimate of drug-likeness (QED) is 0.838. The Morgan fingerprint density at radius 2 is 2.20 bits per heavy atom. The molecule has 0 amide bonds. The highest BCUT2D eigenvalue weighted by molar-refractivity contribution is 9.10. The van der Waals surface area contributed by atoms with E-state index in [0.29, 0.717) is 6.61 Å². The highest BCUT2D eigenvalue weighted by Crippen LogP contribution is 2.24. The molecule has 82 valence electrons. The van der Waals surface area contributed by atoms with E-state index in [1.54, 1.807) is 0 Å². The summed E-state index contributed by atoms with van der Waals surface area (Å²) in [5, 5.41) is 0. The lowest BCUT2D eigenvalue weighted by molar-refractivity contribution is -0.0112. The Morgan fingerprint density at radius 3 is 2.93 bits per heavy atom. The molecule has 0 bridgehead atoms. The third-order valence-electron chi connectivity index (χ3n) is 2.54. The molecule has 0 unspecified atom stereocenters. The fourth-order valence-corrected chi connectivity index (χ4v) is 2.08. The minimum Gasteiger partial charge on any atom is -0.490 e. The molecule has 1 aliphatic heterocycles. The maximum absolute atomic E-state index is 5.70. The summed E-state index contributed by atoms with van der Waals surface area (Å²) in [7, 11) is 0. The van der Waals surface area contributed by atoms with Crippen LogP contribution in [0.4, 0.5) is 0 Å². The average molecular weight is 271 g/mol. The lowest BCUT2D eigenvalue weighted by Crippen LogP contribution is -2.25. The summed E-state index contributed by atoms with van der Waals surface area (Å²) >= 11 is 3.46. The van der Waals surface area contributed by atoms with E-state index >= 15 is 0 Å². The van der Waals surface area contributed by atoms with Gasteiger partial charge in [0.15, 0.2) is 0 Å². The third kappa shape index (κ3) is 3.21. The van der Waals surface area contributed by atoms with Crippen molar-refractivity contribution >= 4 is 15.9 Å². The van der Waals surface area contributed by atoms with Gasteiger partial charge in [0.2, 0.25) is 0 Å². The van der Waals surface area contributed by atoms with Gasteiger partial charge in [0.1, 0.15) is 12.4 Å². The van der Waals surface area contributed by atoms with Crippen LogP contribution in [0, 0.1) is 0 Å². The van der Waals surface area contributed by atoms with Crippen molar-refractivity contribution in [2.24, 2.45) is 0 Å². The summed E-state index contributed by atoms with van der Waals surface area (Å²) in [6.07, 6.45) is 3.82. The molecule has 1 fully saturated rings.